The van der Waals surface area contributed by atoms with Crippen LogP contribution in [0, 0.1) is 0 Å². The summed E-state index contributed by atoms with van der Waals surface area (Å²) in [4.78, 5) is 15.1. The van der Waals surface area contributed by atoms with Crippen molar-refractivity contribution >= 4 is 21.7 Å². The molecule has 0 atom stereocenters. The molecule has 0 N–H and O–H groups in total. The largest absolute Gasteiger partial charge is 0.493 e. The van der Waals surface area contributed by atoms with E-state index in [1.807, 2.05) is 13.8 Å². The van der Waals surface area contributed by atoms with Crippen LogP contribution in [0.25, 0.3) is 0 Å². The Hall–Kier alpha value is -1.11. The van der Waals surface area contributed by atoms with Gasteiger partial charge in [-0.15, -0.1) is 0 Å². The van der Waals surface area contributed by atoms with Crippen LogP contribution in [0.5, 0.6) is 11.5 Å². The maximum absolute atomic E-state index is 13.0. The molecular formula is C16H22BrNO4. The average molecular weight is 372 g/mol. The van der Waals surface area contributed by atoms with Gasteiger partial charge >= 0.3 is 0 Å². The highest BCUT2D eigenvalue weighted by Crippen LogP contribution is 2.37. The van der Waals surface area contributed by atoms with E-state index in [1.54, 1.807) is 26.4 Å². The van der Waals surface area contributed by atoms with Gasteiger partial charge in [-0.25, -0.2) is 0 Å². The number of ketones is 1. The molecule has 22 heavy (non-hydrogen) atoms. The van der Waals surface area contributed by atoms with E-state index >= 15 is 0 Å². The van der Waals surface area contributed by atoms with Crippen molar-refractivity contribution in [2.24, 2.45) is 0 Å². The normalized spacial score (nSPS) is 16.4. The minimum Gasteiger partial charge on any atom is -0.493 e. The smallest absolute Gasteiger partial charge is 0.182 e. The van der Waals surface area contributed by atoms with Gasteiger partial charge in [0.2, 0.25) is 0 Å². The fourth-order valence-electron chi connectivity index (χ4n) is 2.67. The highest BCUT2D eigenvalue weighted by Gasteiger charge is 2.36. The molecular weight excluding hydrogens is 350 g/mol. The predicted molar refractivity (Wildman–Crippen MR) is 88.0 cm³/mol. The monoisotopic (exact) mass is 371 g/mol. The van der Waals surface area contributed by atoms with Crippen LogP contribution in [-0.4, -0.2) is 56.7 Å². The quantitative estimate of drug-likeness (QED) is 0.744. The SMILES string of the molecule is COc1cc(C(=O)C(C)(C)N2CCOCC2)cc(Br)c1OC. The van der Waals surface area contributed by atoms with Crippen LogP contribution in [0.3, 0.4) is 0 Å². The van der Waals surface area contributed by atoms with E-state index in [1.165, 1.54) is 0 Å². The summed E-state index contributed by atoms with van der Waals surface area (Å²) in [5, 5.41) is 0. The molecule has 6 heteroatoms. The zero-order valence-corrected chi connectivity index (χ0v) is 15.0. The molecule has 1 aliphatic heterocycles. The lowest BCUT2D eigenvalue weighted by Crippen LogP contribution is -2.54. The van der Waals surface area contributed by atoms with Gasteiger partial charge in [-0.2, -0.15) is 0 Å². The molecule has 0 unspecified atom stereocenters. The van der Waals surface area contributed by atoms with Crippen molar-refractivity contribution in [3.63, 3.8) is 0 Å². The van der Waals surface area contributed by atoms with Crippen LogP contribution in [0.4, 0.5) is 0 Å². The molecule has 0 spiro atoms. The lowest BCUT2D eigenvalue weighted by Gasteiger charge is -2.39. The Morgan fingerprint density at radius 3 is 2.41 bits per heavy atom. The maximum Gasteiger partial charge on any atom is 0.182 e. The third-order valence-electron chi connectivity index (χ3n) is 4.05. The molecule has 0 radical (unpaired) electrons. The molecule has 0 bridgehead atoms. The summed E-state index contributed by atoms with van der Waals surface area (Å²) in [5.41, 5.74) is 0.00374. The molecule has 0 aliphatic carbocycles. The number of Topliss-reactive ketones (excluding diaryl/α,β-unsaturated/α-hetero) is 1. The molecule has 1 aromatic carbocycles. The fourth-order valence-corrected chi connectivity index (χ4v) is 3.27. The summed E-state index contributed by atoms with van der Waals surface area (Å²) in [5.74, 6) is 1.18. The Kier molecular flexibility index (Phi) is 5.47. The van der Waals surface area contributed by atoms with Crippen LogP contribution < -0.4 is 9.47 Å². The number of methoxy groups -OCH3 is 2. The Morgan fingerprint density at radius 2 is 1.86 bits per heavy atom. The van der Waals surface area contributed by atoms with E-state index in [9.17, 15) is 4.79 Å². The summed E-state index contributed by atoms with van der Waals surface area (Å²) >= 11 is 3.44. The number of benzene rings is 1. The Balaban J connectivity index is 2.33. The minimum absolute atomic E-state index is 0.0519. The van der Waals surface area contributed by atoms with Gasteiger partial charge in [-0.3, -0.25) is 9.69 Å². The molecule has 5 nitrogen and oxygen atoms in total. The number of hydrogen-bond acceptors (Lipinski definition) is 5. The summed E-state index contributed by atoms with van der Waals surface area (Å²) in [7, 11) is 3.13. The number of carbonyl (C=O) groups is 1. The minimum atomic E-state index is -0.594. The lowest BCUT2D eigenvalue weighted by atomic mass is 9.90. The predicted octanol–water partition coefficient (Wildman–Crippen LogP) is 2.76. The van der Waals surface area contributed by atoms with Gasteiger partial charge in [0, 0.05) is 18.7 Å². The van der Waals surface area contributed by atoms with E-state index in [-0.39, 0.29) is 5.78 Å². The second-order valence-corrected chi connectivity index (χ2v) is 6.54. The highest BCUT2D eigenvalue weighted by atomic mass is 79.9. The molecule has 122 valence electrons. The van der Waals surface area contributed by atoms with E-state index < -0.39 is 5.54 Å². The summed E-state index contributed by atoms with van der Waals surface area (Å²) < 4.78 is 16.7. The number of morpholine rings is 1. The van der Waals surface area contributed by atoms with Crippen molar-refractivity contribution in [2.75, 3.05) is 40.5 Å². The lowest BCUT2D eigenvalue weighted by molar-refractivity contribution is -0.00431. The highest BCUT2D eigenvalue weighted by molar-refractivity contribution is 9.10. The van der Waals surface area contributed by atoms with E-state index in [2.05, 4.69) is 20.8 Å². The zero-order chi connectivity index (χ0) is 16.3. The van der Waals surface area contributed by atoms with Crippen LogP contribution >= 0.6 is 15.9 Å². The Bertz CT molecular complexity index is 553. The van der Waals surface area contributed by atoms with Gasteiger partial charge in [0.05, 0.1) is 37.4 Å². The molecule has 1 saturated heterocycles. The average Bonchev–Trinajstić information content (AvgIpc) is 2.54. The van der Waals surface area contributed by atoms with Crippen LogP contribution in [-0.2, 0) is 4.74 Å². The number of nitrogens with zero attached hydrogens (tertiary/aromatic N) is 1. The first-order valence-electron chi connectivity index (χ1n) is 7.21. The standard InChI is InChI=1S/C16H22BrNO4/c1-16(2,18-5-7-22-8-6-18)15(19)11-9-12(17)14(21-4)13(10-11)20-3/h9-10H,5-8H2,1-4H3. The van der Waals surface area contributed by atoms with Crippen molar-refractivity contribution in [2.45, 2.75) is 19.4 Å². The zero-order valence-electron chi connectivity index (χ0n) is 13.4. The van der Waals surface area contributed by atoms with Gasteiger partial charge in [0.15, 0.2) is 17.3 Å². The number of ether oxygens (including phenoxy) is 3. The topological polar surface area (TPSA) is 48.0 Å². The second-order valence-electron chi connectivity index (χ2n) is 5.68. The molecule has 0 aromatic heterocycles. The van der Waals surface area contributed by atoms with Crippen molar-refractivity contribution in [1.82, 2.24) is 4.90 Å². The van der Waals surface area contributed by atoms with Gasteiger partial charge < -0.3 is 14.2 Å². The molecule has 1 fully saturated rings. The van der Waals surface area contributed by atoms with Crippen molar-refractivity contribution in [3.8, 4) is 11.5 Å². The second kappa shape index (κ2) is 6.98. The van der Waals surface area contributed by atoms with Crippen molar-refractivity contribution in [1.29, 1.82) is 0 Å². The summed E-state index contributed by atoms with van der Waals surface area (Å²) in [6.45, 7) is 6.73. The van der Waals surface area contributed by atoms with Crippen molar-refractivity contribution in [3.05, 3.63) is 22.2 Å². The van der Waals surface area contributed by atoms with Crippen molar-refractivity contribution < 1.29 is 19.0 Å². The van der Waals surface area contributed by atoms with E-state index in [4.69, 9.17) is 14.2 Å². The first-order chi connectivity index (χ1) is 10.4. The van der Waals surface area contributed by atoms with Crippen LogP contribution in [0.2, 0.25) is 0 Å². The number of rotatable bonds is 5. The van der Waals surface area contributed by atoms with Gasteiger partial charge in [0.1, 0.15) is 0 Å². The molecule has 2 rings (SSSR count). The first kappa shape index (κ1) is 17.2. The van der Waals surface area contributed by atoms with Gasteiger partial charge in [-0.05, 0) is 41.9 Å². The molecule has 0 amide bonds. The third kappa shape index (κ3) is 3.29. The van der Waals surface area contributed by atoms with Crippen LogP contribution in [0.15, 0.2) is 16.6 Å². The molecule has 0 saturated carbocycles. The molecule has 1 aromatic rings. The summed E-state index contributed by atoms with van der Waals surface area (Å²) in [6.07, 6.45) is 0. The Labute approximate surface area is 139 Å². The number of hydrogen-bond donors (Lipinski definition) is 0. The van der Waals surface area contributed by atoms with Gasteiger partial charge in [-0.1, -0.05) is 0 Å². The molecule has 1 heterocycles. The fraction of sp³-hybridized carbons (Fsp3) is 0.562. The van der Waals surface area contributed by atoms with E-state index in [0.29, 0.717) is 34.7 Å². The maximum atomic E-state index is 13.0. The first-order valence-corrected chi connectivity index (χ1v) is 8.00. The van der Waals surface area contributed by atoms with Crippen LogP contribution in [0.1, 0.15) is 24.2 Å². The molecule has 1 aliphatic rings. The van der Waals surface area contributed by atoms with Gasteiger partial charge in [0.25, 0.3) is 0 Å². The summed E-state index contributed by atoms with van der Waals surface area (Å²) in [6, 6.07) is 3.51. The Morgan fingerprint density at radius 1 is 1.23 bits per heavy atom. The third-order valence-corrected chi connectivity index (χ3v) is 4.64. The van der Waals surface area contributed by atoms with E-state index in [0.717, 1.165) is 13.1 Å². The number of carbonyl (C=O) groups excluding carboxylic acids is 1. The number of halogens is 1.